The molecule has 0 saturated heterocycles. The number of nitrogens with zero attached hydrogens (tertiary/aromatic N) is 1. The van der Waals surface area contributed by atoms with E-state index in [1.807, 2.05) is 6.07 Å². The summed E-state index contributed by atoms with van der Waals surface area (Å²) in [6.07, 6.45) is 1.12. The molecule has 9 nitrogen and oxygen atoms in total. The van der Waals surface area contributed by atoms with Gasteiger partial charge in [0.2, 0.25) is 5.91 Å². The van der Waals surface area contributed by atoms with E-state index in [2.05, 4.69) is 5.32 Å². The Morgan fingerprint density at radius 2 is 1.82 bits per heavy atom. The van der Waals surface area contributed by atoms with E-state index >= 15 is 0 Å². The Bertz CT molecular complexity index is 1330. The van der Waals surface area contributed by atoms with Gasteiger partial charge in [-0.15, -0.1) is 11.3 Å². The van der Waals surface area contributed by atoms with Crippen molar-refractivity contribution in [2.45, 2.75) is 38.8 Å². The molecular weight excluding hydrogens is 504 g/mol. The Hall–Kier alpha value is -4.18. The first-order valence-corrected chi connectivity index (χ1v) is 13.1. The van der Waals surface area contributed by atoms with Crippen LogP contribution in [0.5, 0.6) is 5.75 Å². The number of phenols is 1. The van der Waals surface area contributed by atoms with Crippen molar-refractivity contribution in [3.8, 4) is 5.75 Å². The Morgan fingerprint density at radius 1 is 1.13 bits per heavy atom. The molecule has 5 N–H and O–H groups in total. The number of rotatable bonds is 9. The van der Waals surface area contributed by atoms with Crippen molar-refractivity contribution in [1.82, 2.24) is 10.2 Å². The summed E-state index contributed by atoms with van der Waals surface area (Å²) in [6.45, 7) is 3.00. The quantitative estimate of drug-likeness (QED) is 0.189. The first kappa shape index (κ1) is 26.9. The van der Waals surface area contributed by atoms with Gasteiger partial charge in [0.15, 0.2) is 0 Å². The molecule has 1 atom stereocenters. The zero-order valence-corrected chi connectivity index (χ0v) is 21.8. The van der Waals surface area contributed by atoms with Crippen LogP contribution in [0.1, 0.15) is 43.7 Å². The average Bonchev–Trinajstić information content (AvgIpc) is 3.30. The van der Waals surface area contributed by atoms with Crippen LogP contribution in [-0.4, -0.2) is 52.8 Å². The number of hydrogen-bond donors (Lipinski definition) is 4. The van der Waals surface area contributed by atoms with Crippen LogP contribution in [0.25, 0.3) is 0 Å². The number of nitrogens with one attached hydrogen (secondary N) is 2. The van der Waals surface area contributed by atoms with Crippen LogP contribution in [0, 0.1) is 5.41 Å². The number of hydrogen-bond acceptors (Lipinski definition) is 7. The molecule has 2 heterocycles. The van der Waals surface area contributed by atoms with Gasteiger partial charge in [0.05, 0.1) is 13.0 Å². The van der Waals surface area contributed by atoms with Crippen molar-refractivity contribution in [3.05, 3.63) is 86.6 Å². The van der Waals surface area contributed by atoms with E-state index in [0.717, 1.165) is 20.9 Å². The third kappa shape index (κ3) is 6.57. The predicted molar refractivity (Wildman–Crippen MR) is 144 cm³/mol. The number of fused-ring (bicyclic) bond motifs is 1. The molecule has 10 heteroatoms. The smallest absolute Gasteiger partial charge is 0.311 e. The summed E-state index contributed by atoms with van der Waals surface area (Å²) < 4.78 is 5.05. The van der Waals surface area contributed by atoms with Crippen LogP contribution in [0.4, 0.5) is 0 Å². The van der Waals surface area contributed by atoms with Crippen molar-refractivity contribution in [2.75, 3.05) is 13.2 Å². The zero-order chi connectivity index (χ0) is 27.2. The van der Waals surface area contributed by atoms with Gasteiger partial charge >= 0.3 is 5.97 Å². The fourth-order valence-electron chi connectivity index (χ4n) is 4.36. The van der Waals surface area contributed by atoms with E-state index in [1.54, 1.807) is 71.7 Å². The van der Waals surface area contributed by atoms with E-state index in [-0.39, 0.29) is 36.3 Å². The van der Waals surface area contributed by atoms with Gasteiger partial charge in [-0.1, -0.05) is 24.3 Å². The van der Waals surface area contributed by atoms with Crippen molar-refractivity contribution in [2.24, 2.45) is 5.73 Å². The summed E-state index contributed by atoms with van der Waals surface area (Å²) in [5.41, 5.74) is 8.15. The monoisotopic (exact) mass is 534 g/mol. The number of aromatic hydroxyl groups is 1. The number of nitrogen functional groups attached to an aromatic ring is 1. The van der Waals surface area contributed by atoms with Crippen LogP contribution in [-0.2, 0) is 40.1 Å². The number of benzene rings is 2. The number of ether oxygens (including phenoxy) is 1. The highest BCUT2D eigenvalue weighted by molar-refractivity contribution is 7.12. The van der Waals surface area contributed by atoms with E-state index in [1.165, 1.54) is 0 Å². The number of phenolic OH excluding ortho intramolecular Hbond substituents is 1. The van der Waals surface area contributed by atoms with E-state index in [0.29, 0.717) is 37.2 Å². The van der Waals surface area contributed by atoms with Crippen LogP contribution in [0.3, 0.4) is 0 Å². The maximum absolute atomic E-state index is 13.7. The maximum atomic E-state index is 13.7. The number of carbonyl (C=O) groups excluding carboxylic acids is 3. The van der Waals surface area contributed by atoms with Crippen LogP contribution in [0.2, 0.25) is 0 Å². The molecule has 38 heavy (non-hydrogen) atoms. The second-order valence-corrected chi connectivity index (χ2v) is 10.3. The number of esters is 1. The molecule has 1 aromatic heterocycles. The molecule has 2 aromatic carbocycles. The third-order valence-corrected chi connectivity index (χ3v) is 7.53. The lowest BCUT2D eigenvalue weighted by Gasteiger charge is -2.31. The highest BCUT2D eigenvalue weighted by Crippen LogP contribution is 2.29. The average molecular weight is 535 g/mol. The molecule has 0 fully saturated rings. The molecular formula is C28H30N4O5S. The minimum Gasteiger partial charge on any atom is -0.508 e. The zero-order valence-electron chi connectivity index (χ0n) is 21.0. The van der Waals surface area contributed by atoms with Crippen LogP contribution < -0.4 is 11.1 Å². The molecule has 1 aliphatic rings. The third-order valence-electron chi connectivity index (χ3n) is 6.29. The molecule has 1 aliphatic heterocycles. The maximum Gasteiger partial charge on any atom is 0.311 e. The van der Waals surface area contributed by atoms with Crippen molar-refractivity contribution >= 4 is 35.0 Å². The van der Waals surface area contributed by atoms with Gasteiger partial charge in [-0.3, -0.25) is 19.8 Å². The van der Waals surface area contributed by atoms with E-state index in [4.69, 9.17) is 15.9 Å². The van der Waals surface area contributed by atoms with Gasteiger partial charge < -0.3 is 25.8 Å². The molecule has 0 saturated carbocycles. The fraction of sp³-hybridized carbons (Fsp3) is 0.286. The standard InChI is InChI=1S/C28H30N4O5S/c1-2-37-25(34)15-22-14-20-16-32(12-11-24(20)38-22)28(36)23(13-17-3-9-21(33)10-4-17)31-27(35)19-7-5-18(6-8-19)26(29)30/h3-10,14,23,33H,2,11-13,15-16H2,1H3,(H3,29,30)(H,31,35)/t23-/m1/s1. The molecule has 198 valence electrons. The molecule has 0 unspecified atom stereocenters. The fourth-order valence-corrected chi connectivity index (χ4v) is 5.51. The Labute approximate surface area is 224 Å². The number of amides is 2. The Balaban J connectivity index is 1.51. The van der Waals surface area contributed by atoms with Crippen LogP contribution in [0.15, 0.2) is 54.6 Å². The highest BCUT2D eigenvalue weighted by atomic mass is 32.1. The van der Waals surface area contributed by atoms with Gasteiger partial charge in [-0.2, -0.15) is 0 Å². The van der Waals surface area contributed by atoms with Gasteiger partial charge in [-0.25, -0.2) is 0 Å². The van der Waals surface area contributed by atoms with Gasteiger partial charge in [-0.05, 0) is 54.8 Å². The van der Waals surface area contributed by atoms with E-state index in [9.17, 15) is 19.5 Å². The lowest BCUT2D eigenvalue weighted by Crippen LogP contribution is -2.50. The van der Waals surface area contributed by atoms with Crippen molar-refractivity contribution < 1.29 is 24.2 Å². The summed E-state index contributed by atoms with van der Waals surface area (Å²) in [5.74, 6) is -0.878. The summed E-state index contributed by atoms with van der Waals surface area (Å²) in [6, 6.07) is 14.0. The Kier molecular flexibility index (Phi) is 8.42. The number of amidine groups is 1. The predicted octanol–water partition coefficient (Wildman–Crippen LogP) is 2.77. The van der Waals surface area contributed by atoms with Crippen molar-refractivity contribution in [3.63, 3.8) is 0 Å². The second kappa shape index (κ2) is 11.9. The molecule has 0 radical (unpaired) electrons. The number of carbonyl (C=O) groups is 3. The van der Waals surface area contributed by atoms with Gasteiger partial charge in [0.1, 0.15) is 17.6 Å². The SMILES string of the molecule is CCOC(=O)Cc1cc2c(s1)CCN(C(=O)[C@@H](Cc1ccc(O)cc1)NC(=O)c1ccc(C(=N)N)cc1)C2. The first-order valence-electron chi connectivity index (χ1n) is 12.3. The highest BCUT2D eigenvalue weighted by Gasteiger charge is 2.30. The minimum absolute atomic E-state index is 0.0966. The molecule has 0 spiro atoms. The molecule has 0 bridgehead atoms. The summed E-state index contributed by atoms with van der Waals surface area (Å²) in [7, 11) is 0. The Morgan fingerprint density at radius 3 is 2.47 bits per heavy atom. The second-order valence-electron chi connectivity index (χ2n) is 9.04. The van der Waals surface area contributed by atoms with Crippen molar-refractivity contribution in [1.29, 1.82) is 5.41 Å². The summed E-state index contributed by atoms with van der Waals surface area (Å²) >= 11 is 1.57. The molecule has 4 rings (SSSR count). The lowest BCUT2D eigenvalue weighted by molar-refractivity contribution is -0.142. The lowest BCUT2D eigenvalue weighted by atomic mass is 10.0. The number of thiophene rings is 1. The van der Waals surface area contributed by atoms with Gasteiger partial charge in [0, 0.05) is 40.4 Å². The first-order chi connectivity index (χ1) is 18.2. The summed E-state index contributed by atoms with van der Waals surface area (Å²) in [5, 5.41) is 20.0. The molecule has 2 amide bonds. The summed E-state index contributed by atoms with van der Waals surface area (Å²) in [4.78, 5) is 42.5. The van der Waals surface area contributed by atoms with Gasteiger partial charge in [0.25, 0.3) is 5.91 Å². The molecule has 0 aliphatic carbocycles. The van der Waals surface area contributed by atoms with Crippen LogP contribution >= 0.6 is 11.3 Å². The molecule has 3 aromatic rings. The number of nitrogens with two attached hydrogens (primary N) is 1. The van der Waals surface area contributed by atoms with E-state index < -0.39 is 11.9 Å². The largest absolute Gasteiger partial charge is 0.508 e. The normalized spacial score (nSPS) is 13.3. The topological polar surface area (TPSA) is 146 Å². The minimum atomic E-state index is -0.835.